The summed E-state index contributed by atoms with van der Waals surface area (Å²) in [6.07, 6.45) is 2.22. The van der Waals surface area contributed by atoms with Gasteiger partial charge in [-0.25, -0.2) is 9.78 Å². The molecule has 2 fully saturated rings. The van der Waals surface area contributed by atoms with Gasteiger partial charge in [0, 0.05) is 12.1 Å². The van der Waals surface area contributed by atoms with E-state index in [1.807, 2.05) is 13.8 Å². The summed E-state index contributed by atoms with van der Waals surface area (Å²) in [5, 5.41) is 12.0. The minimum Gasteiger partial charge on any atom is -0.481 e. The maximum atomic E-state index is 12.3. The lowest BCUT2D eigenvalue weighted by molar-refractivity contribution is -0.142. The lowest BCUT2D eigenvalue weighted by Gasteiger charge is -2.23. The van der Waals surface area contributed by atoms with Crippen LogP contribution in [-0.2, 0) is 11.3 Å². The Morgan fingerprint density at radius 1 is 1.43 bits per heavy atom. The van der Waals surface area contributed by atoms with Crippen molar-refractivity contribution >= 4 is 12.0 Å². The molecule has 3 rings (SSSR count). The van der Waals surface area contributed by atoms with Crippen molar-refractivity contribution in [1.82, 2.24) is 15.2 Å². The van der Waals surface area contributed by atoms with Gasteiger partial charge in [-0.2, -0.15) is 0 Å². The van der Waals surface area contributed by atoms with E-state index in [0.717, 1.165) is 24.3 Å². The molecule has 0 aromatic carbocycles. The fourth-order valence-corrected chi connectivity index (χ4v) is 3.43. The molecule has 3 unspecified atom stereocenters. The number of hydrogen-bond acceptors (Lipinski definition) is 4. The molecule has 2 bridgehead atoms. The van der Waals surface area contributed by atoms with Gasteiger partial charge in [0.25, 0.3) is 0 Å². The molecule has 2 aliphatic heterocycles. The zero-order valence-electron chi connectivity index (χ0n) is 12.1. The van der Waals surface area contributed by atoms with E-state index in [-0.39, 0.29) is 24.7 Å². The smallest absolute Gasteiger partial charge is 0.318 e. The van der Waals surface area contributed by atoms with Crippen molar-refractivity contribution in [3.63, 3.8) is 0 Å². The number of aromatic nitrogens is 1. The van der Waals surface area contributed by atoms with Crippen molar-refractivity contribution in [2.24, 2.45) is 5.92 Å². The minimum absolute atomic E-state index is 0.0455. The fourth-order valence-electron chi connectivity index (χ4n) is 3.43. The van der Waals surface area contributed by atoms with Gasteiger partial charge in [0.05, 0.1) is 18.2 Å². The summed E-state index contributed by atoms with van der Waals surface area (Å²) in [7, 11) is 0. The fraction of sp³-hybridized carbons (Fsp3) is 0.643. The molecule has 0 saturated carbocycles. The van der Waals surface area contributed by atoms with Crippen molar-refractivity contribution in [3.8, 4) is 0 Å². The van der Waals surface area contributed by atoms with Crippen LogP contribution in [0.1, 0.15) is 36.6 Å². The molecule has 7 nitrogen and oxygen atoms in total. The third-order valence-electron chi connectivity index (χ3n) is 4.55. The maximum Gasteiger partial charge on any atom is 0.318 e. The number of aliphatic carboxylic acids is 1. The number of urea groups is 1. The summed E-state index contributed by atoms with van der Waals surface area (Å²) >= 11 is 0. The second-order valence-electron chi connectivity index (χ2n) is 5.79. The van der Waals surface area contributed by atoms with E-state index in [9.17, 15) is 14.7 Å². The van der Waals surface area contributed by atoms with Crippen LogP contribution in [0.15, 0.2) is 4.42 Å². The van der Waals surface area contributed by atoms with Crippen LogP contribution in [0, 0.1) is 19.8 Å². The van der Waals surface area contributed by atoms with E-state index >= 15 is 0 Å². The molecular weight excluding hydrogens is 274 g/mol. The Bertz CT molecular complexity index is 563. The zero-order valence-corrected chi connectivity index (χ0v) is 12.1. The topological polar surface area (TPSA) is 95.7 Å². The van der Waals surface area contributed by atoms with E-state index in [2.05, 4.69) is 10.3 Å². The Morgan fingerprint density at radius 2 is 2.19 bits per heavy atom. The number of rotatable bonds is 3. The lowest BCUT2D eigenvalue weighted by atomic mass is 9.89. The van der Waals surface area contributed by atoms with Crippen LogP contribution < -0.4 is 5.32 Å². The molecule has 1 aromatic heterocycles. The van der Waals surface area contributed by atoms with E-state index < -0.39 is 11.9 Å². The zero-order chi connectivity index (χ0) is 15.1. The summed E-state index contributed by atoms with van der Waals surface area (Å²) in [6, 6.07) is -0.357. The highest BCUT2D eigenvalue weighted by Crippen LogP contribution is 2.41. The number of hydrogen-bond donors (Lipinski definition) is 2. The number of amides is 2. The third-order valence-corrected chi connectivity index (χ3v) is 4.55. The molecule has 114 valence electrons. The molecular formula is C14H19N3O4. The maximum absolute atomic E-state index is 12.3. The predicted molar refractivity (Wildman–Crippen MR) is 72.6 cm³/mol. The molecule has 0 aliphatic carbocycles. The Morgan fingerprint density at radius 3 is 2.76 bits per heavy atom. The number of oxazole rings is 1. The predicted octanol–water partition coefficient (Wildman–Crippen LogP) is 1.44. The third kappa shape index (κ3) is 2.36. The number of carbonyl (C=O) groups is 2. The van der Waals surface area contributed by atoms with Crippen LogP contribution in [0.2, 0.25) is 0 Å². The summed E-state index contributed by atoms with van der Waals surface area (Å²) in [4.78, 5) is 29.4. The molecule has 2 N–H and O–H groups in total. The van der Waals surface area contributed by atoms with Crippen molar-refractivity contribution in [2.45, 2.75) is 51.7 Å². The molecule has 7 heteroatoms. The number of aryl methyl sites for hydroxylation is 2. The van der Waals surface area contributed by atoms with Crippen LogP contribution in [0.25, 0.3) is 0 Å². The number of nitrogens with zero attached hydrogens (tertiary/aromatic N) is 2. The van der Waals surface area contributed by atoms with Crippen LogP contribution >= 0.6 is 0 Å². The molecule has 3 heterocycles. The number of carbonyl (C=O) groups excluding carboxylic acids is 1. The Labute approximate surface area is 122 Å². The Kier molecular flexibility index (Phi) is 3.35. The average molecular weight is 293 g/mol. The van der Waals surface area contributed by atoms with Crippen molar-refractivity contribution in [2.75, 3.05) is 0 Å². The van der Waals surface area contributed by atoms with Gasteiger partial charge in [-0.15, -0.1) is 0 Å². The van der Waals surface area contributed by atoms with Crippen LogP contribution in [0.5, 0.6) is 0 Å². The normalized spacial score (nSPS) is 27.1. The summed E-state index contributed by atoms with van der Waals surface area (Å²) < 4.78 is 5.42. The highest BCUT2D eigenvalue weighted by Gasteiger charge is 2.51. The molecule has 3 atom stereocenters. The van der Waals surface area contributed by atoms with Gasteiger partial charge < -0.3 is 19.7 Å². The van der Waals surface area contributed by atoms with Crippen molar-refractivity contribution in [1.29, 1.82) is 0 Å². The van der Waals surface area contributed by atoms with Gasteiger partial charge in [0.2, 0.25) is 5.89 Å². The van der Waals surface area contributed by atoms with Crippen LogP contribution in [-0.4, -0.2) is 39.1 Å². The van der Waals surface area contributed by atoms with Crippen molar-refractivity contribution < 1.29 is 19.1 Å². The monoisotopic (exact) mass is 293 g/mol. The summed E-state index contributed by atoms with van der Waals surface area (Å²) in [5.41, 5.74) is 0.812. The second-order valence-corrected chi connectivity index (χ2v) is 5.79. The largest absolute Gasteiger partial charge is 0.481 e. The Balaban J connectivity index is 1.62. The van der Waals surface area contributed by atoms with E-state index in [0.29, 0.717) is 12.3 Å². The average Bonchev–Trinajstić information content (AvgIpc) is 3.09. The van der Waals surface area contributed by atoms with Gasteiger partial charge in [0.15, 0.2) is 0 Å². The van der Waals surface area contributed by atoms with Crippen molar-refractivity contribution in [3.05, 3.63) is 17.3 Å². The summed E-state index contributed by atoms with van der Waals surface area (Å²) in [5.74, 6) is -0.0224. The molecule has 2 aliphatic rings. The quantitative estimate of drug-likeness (QED) is 0.879. The molecule has 0 radical (unpaired) electrons. The van der Waals surface area contributed by atoms with Crippen LogP contribution in [0.3, 0.4) is 0 Å². The first-order valence-electron chi connectivity index (χ1n) is 7.19. The van der Waals surface area contributed by atoms with E-state index in [1.54, 1.807) is 4.90 Å². The number of nitrogens with one attached hydrogen (secondary N) is 1. The van der Waals surface area contributed by atoms with E-state index in [4.69, 9.17) is 4.42 Å². The molecule has 2 saturated heterocycles. The summed E-state index contributed by atoms with van der Waals surface area (Å²) in [6.45, 7) is 3.90. The SMILES string of the molecule is Cc1nc(CNC(=O)N2C3CCC2C(C(=O)O)C3)oc1C. The number of carboxylic acid groups (broad SMARTS) is 1. The number of fused-ring (bicyclic) bond motifs is 2. The standard InChI is InChI=1S/C14H19N3O4/c1-7-8(2)21-12(16-7)6-15-14(20)17-9-3-4-11(17)10(5-9)13(18)19/h9-11H,3-6H2,1-2H3,(H,15,20)(H,18,19). The highest BCUT2D eigenvalue weighted by atomic mass is 16.4. The second kappa shape index (κ2) is 5.05. The molecule has 0 spiro atoms. The number of carboxylic acids is 1. The van der Waals surface area contributed by atoms with Gasteiger partial charge in [-0.3, -0.25) is 4.79 Å². The first-order chi connectivity index (χ1) is 9.97. The first kappa shape index (κ1) is 13.9. The first-order valence-corrected chi connectivity index (χ1v) is 7.19. The van der Waals surface area contributed by atoms with E-state index in [1.165, 1.54) is 0 Å². The lowest BCUT2D eigenvalue weighted by Crippen LogP contribution is -2.44. The van der Waals surface area contributed by atoms with Crippen LogP contribution in [0.4, 0.5) is 4.79 Å². The van der Waals surface area contributed by atoms with Gasteiger partial charge in [-0.05, 0) is 33.1 Å². The minimum atomic E-state index is -0.807. The Hall–Kier alpha value is -2.05. The molecule has 1 aromatic rings. The van der Waals surface area contributed by atoms with Gasteiger partial charge in [-0.1, -0.05) is 0 Å². The highest BCUT2D eigenvalue weighted by molar-refractivity contribution is 5.79. The molecule has 21 heavy (non-hydrogen) atoms. The van der Waals surface area contributed by atoms with Gasteiger partial charge >= 0.3 is 12.0 Å². The molecule has 2 amide bonds. The van der Waals surface area contributed by atoms with Gasteiger partial charge in [0.1, 0.15) is 5.76 Å².